The van der Waals surface area contributed by atoms with Crippen LogP contribution in [0.3, 0.4) is 0 Å². The molecule has 1 atom stereocenters. The highest BCUT2D eigenvalue weighted by atomic mass is 19.4. The van der Waals surface area contributed by atoms with Gasteiger partial charge in [0.2, 0.25) is 0 Å². The van der Waals surface area contributed by atoms with E-state index in [0.717, 1.165) is 0 Å². The standard InChI is InChI=1S/C10H13BF6O/c1-6(11)2-3-7(4-5-7)8(18,9(12,13)14)10(15,16)17/h6,18H,2-5H2,1H3. The molecule has 1 nitrogen and oxygen atoms in total. The Morgan fingerprint density at radius 1 is 1.11 bits per heavy atom. The maximum absolute atomic E-state index is 12.7. The second-order valence-corrected chi connectivity index (χ2v) is 5.00. The first-order chi connectivity index (χ1) is 7.87. The van der Waals surface area contributed by atoms with E-state index in [9.17, 15) is 31.4 Å². The smallest absolute Gasteiger partial charge is 0.373 e. The molecule has 0 aromatic heterocycles. The summed E-state index contributed by atoms with van der Waals surface area (Å²) < 4.78 is 76.0. The number of hydrogen-bond donors (Lipinski definition) is 1. The molecule has 0 spiro atoms. The number of rotatable bonds is 4. The van der Waals surface area contributed by atoms with Crippen molar-refractivity contribution in [3.05, 3.63) is 0 Å². The molecule has 18 heavy (non-hydrogen) atoms. The molecule has 2 radical (unpaired) electrons. The van der Waals surface area contributed by atoms with Crippen LogP contribution in [0.1, 0.15) is 32.6 Å². The van der Waals surface area contributed by atoms with Gasteiger partial charge < -0.3 is 5.11 Å². The van der Waals surface area contributed by atoms with Gasteiger partial charge in [0.1, 0.15) is 0 Å². The number of aliphatic hydroxyl groups is 1. The summed E-state index contributed by atoms with van der Waals surface area (Å²) >= 11 is 0. The van der Waals surface area contributed by atoms with E-state index < -0.39 is 29.2 Å². The zero-order valence-corrected chi connectivity index (χ0v) is 9.70. The van der Waals surface area contributed by atoms with Crippen molar-refractivity contribution in [2.45, 2.75) is 56.4 Å². The molecule has 0 aliphatic heterocycles. The minimum atomic E-state index is -5.74. The number of alkyl halides is 6. The van der Waals surface area contributed by atoms with E-state index in [1.165, 1.54) is 6.92 Å². The first-order valence-corrected chi connectivity index (χ1v) is 5.49. The number of hydrogen-bond acceptors (Lipinski definition) is 1. The summed E-state index contributed by atoms with van der Waals surface area (Å²) in [6.45, 7) is 1.50. The van der Waals surface area contributed by atoms with E-state index in [1.54, 1.807) is 0 Å². The second kappa shape index (κ2) is 4.32. The van der Waals surface area contributed by atoms with Gasteiger partial charge in [-0.1, -0.05) is 19.2 Å². The minimum Gasteiger partial charge on any atom is -0.373 e. The second-order valence-electron chi connectivity index (χ2n) is 5.00. The van der Waals surface area contributed by atoms with Crippen LogP contribution in [0.25, 0.3) is 0 Å². The van der Waals surface area contributed by atoms with Crippen LogP contribution < -0.4 is 0 Å². The monoisotopic (exact) mass is 274 g/mol. The molecule has 0 aromatic rings. The Hall–Kier alpha value is -0.395. The average Bonchev–Trinajstić information content (AvgIpc) is 2.90. The summed E-state index contributed by atoms with van der Waals surface area (Å²) in [5.74, 6) is -0.506. The van der Waals surface area contributed by atoms with Gasteiger partial charge >= 0.3 is 12.4 Å². The van der Waals surface area contributed by atoms with E-state index in [0.29, 0.717) is 0 Å². The van der Waals surface area contributed by atoms with Crippen molar-refractivity contribution in [3.8, 4) is 0 Å². The molecular formula is C10H13BF6O. The van der Waals surface area contributed by atoms with Crippen LogP contribution >= 0.6 is 0 Å². The maximum atomic E-state index is 12.7. The summed E-state index contributed by atoms with van der Waals surface area (Å²) in [5.41, 5.74) is -6.81. The van der Waals surface area contributed by atoms with Crippen LogP contribution in [0, 0.1) is 5.41 Å². The third-order valence-corrected chi connectivity index (χ3v) is 3.52. The van der Waals surface area contributed by atoms with Gasteiger partial charge in [0, 0.05) is 5.41 Å². The van der Waals surface area contributed by atoms with Crippen molar-refractivity contribution < 1.29 is 31.4 Å². The van der Waals surface area contributed by atoms with Crippen molar-refractivity contribution in [1.82, 2.24) is 0 Å². The van der Waals surface area contributed by atoms with E-state index in [2.05, 4.69) is 0 Å². The zero-order chi connectivity index (χ0) is 14.4. The van der Waals surface area contributed by atoms with Gasteiger partial charge in [-0.15, -0.1) is 0 Å². The lowest BCUT2D eigenvalue weighted by molar-refractivity contribution is -0.391. The maximum Gasteiger partial charge on any atom is 0.426 e. The van der Waals surface area contributed by atoms with Gasteiger partial charge in [-0.2, -0.15) is 26.3 Å². The Balaban J connectivity index is 3.06. The van der Waals surface area contributed by atoms with E-state index >= 15 is 0 Å². The summed E-state index contributed by atoms with van der Waals surface area (Å²) in [7, 11) is 5.34. The molecule has 1 unspecified atom stereocenters. The van der Waals surface area contributed by atoms with Crippen LogP contribution in [0.5, 0.6) is 0 Å². The molecule has 104 valence electrons. The Labute approximate surface area is 102 Å². The highest BCUT2D eigenvalue weighted by Crippen LogP contribution is 2.66. The molecule has 1 saturated carbocycles. The Morgan fingerprint density at radius 3 is 1.72 bits per heavy atom. The summed E-state index contributed by atoms with van der Waals surface area (Å²) in [6.07, 6.45) is -12.4. The summed E-state index contributed by atoms with van der Waals surface area (Å²) in [6, 6.07) is 0. The zero-order valence-electron chi connectivity index (χ0n) is 9.70. The first kappa shape index (κ1) is 15.7. The molecule has 1 N–H and O–H groups in total. The van der Waals surface area contributed by atoms with E-state index in [-0.39, 0.29) is 25.7 Å². The normalized spacial score (nSPS) is 21.8. The lowest BCUT2D eigenvalue weighted by Gasteiger charge is -2.39. The van der Waals surface area contributed by atoms with Gasteiger partial charge in [-0.25, -0.2) is 0 Å². The Kier molecular flexibility index (Phi) is 3.76. The van der Waals surface area contributed by atoms with Crippen molar-refractivity contribution in [3.63, 3.8) is 0 Å². The Morgan fingerprint density at radius 2 is 1.50 bits per heavy atom. The largest absolute Gasteiger partial charge is 0.426 e. The van der Waals surface area contributed by atoms with Gasteiger partial charge in [0.05, 0.1) is 7.85 Å². The van der Waals surface area contributed by atoms with E-state index in [1.807, 2.05) is 0 Å². The third-order valence-electron chi connectivity index (χ3n) is 3.52. The van der Waals surface area contributed by atoms with E-state index in [4.69, 9.17) is 7.85 Å². The van der Waals surface area contributed by atoms with Crippen LogP contribution in [-0.2, 0) is 0 Å². The lowest BCUT2D eigenvalue weighted by Crippen LogP contribution is -2.62. The lowest BCUT2D eigenvalue weighted by atomic mass is 9.75. The van der Waals surface area contributed by atoms with Crippen molar-refractivity contribution in [1.29, 1.82) is 0 Å². The Bertz CT molecular complexity index is 290. The molecular weight excluding hydrogens is 261 g/mol. The molecule has 1 rings (SSSR count). The first-order valence-electron chi connectivity index (χ1n) is 5.49. The SMILES string of the molecule is [B]C(C)CCC1(C(O)(C(F)(F)F)C(F)(F)F)CC1. The molecule has 1 aliphatic carbocycles. The molecule has 0 saturated heterocycles. The molecule has 8 heteroatoms. The average molecular weight is 274 g/mol. The third kappa shape index (κ3) is 2.35. The summed E-state index contributed by atoms with van der Waals surface area (Å²) in [5, 5.41) is 9.30. The highest BCUT2D eigenvalue weighted by molar-refractivity contribution is 6.11. The highest BCUT2D eigenvalue weighted by Gasteiger charge is 2.81. The predicted octanol–water partition coefficient (Wildman–Crippen LogP) is 3.38. The van der Waals surface area contributed by atoms with Gasteiger partial charge in [0.25, 0.3) is 5.60 Å². The van der Waals surface area contributed by atoms with Crippen LogP contribution in [-0.4, -0.2) is 30.9 Å². The molecule has 0 bridgehead atoms. The molecule has 0 heterocycles. The van der Waals surface area contributed by atoms with Crippen molar-refractivity contribution in [2.75, 3.05) is 0 Å². The molecule has 1 fully saturated rings. The predicted molar refractivity (Wildman–Crippen MR) is 53.1 cm³/mol. The van der Waals surface area contributed by atoms with Crippen molar-refractivity contribution >= 4 is 7.85 Å². The van der Waals surface area contributed by atoms with Crippen molar-refractivity contribution in [2.24, 2.45) is 5.41 Å². The molecule has 0 amide bonds. The fourth-order valence-corrected chi connectivity index (χ4v) is 2.21. The van der Waals surface area contributed by atoms with Gasteiger partial charge in [-0.05, 0) is 19.3 Å². The van der Waals surface area contributed by atoms with Gasteiger partial charge in [0.15, 0.2) is 0 Å². The number of halogens is 6. The van der Waals surface area contributed by atoms with Crippen LogP contribution in [0.4, 0.5) is 26.3 Å². The molecule has 0 aromatic carbocycles. The van der Waals surface area contributed by atoms with Crippen LogP contribution in [0.2, 0.25) is 5.82 Å². The fourth-order valence-electron chi connectivity index (χ4n) is 2.21. The van der Waals surface area contributed by atoms with Gasteiger partial charge in [-0.3, -0.25) is 0 Å². The molecule has 1 aliphatic rings. The summed E-state index contributed by atoms with van der Waals surface area (Å²) in [4.78, 5) is 0. The van der Waals surface area contributed by atoms with Crippen LogP contribution in [0.15, 0.2) is 0 Å². The fraction of sp³-hybridized carbons (Fsp3) is 1.00. The quantitative estimate of drug-likeness (QED) is 0.615. The topological polar surface area (TPSA) is 20.2 Å². The minimum absolute atomic E-state index is 0.00840.